The molecule has 0 aromatic heterocycles. The van der Waals surface area contributed by atoms with Gasteiger partial charge in [0.1, 0.15) is 11.6 Å². The second kappa shape index (κ2) is 6.74. The Morgan fingerprint density at radius 2 is 1.58 bits per heavy atom. The van der Waals surface area contributed by atoms with E-state index in [-0.39, 0.29) is 22.5 Å². The van der Waals surface area contributed by atoms with E-state index in [1.165, 1.54) is 26.4 Å². The van der Waals surface area contributed by atoms with E-state index in [0.29, 0.717) is 11.4 Å². The summed E-state index contributed by atoms with van der Waals surface area (Å²) < 4.78 is 24.0. The van der Waals surface area contributed by atoms with Crippen molar-refractivity contribution >= 4 is 11.9 Å². The van der Waals surface area contributed by atoms with E-state index >= 15 is 0 Å². The van der Waals surface area contributed by atoms with Crippen LogP contribution in [0.3, 0.4) is 0 Å². The van der Waals surface area contributed by atoms with Crippen molar-refractivity contribution < 1.29 is 28.6 Å². The maximum Gasteiger partial charge on any atom is 0.336 e. The number of methoxy groups -OCH3 is 2. The fourth-order valence-electron chi connectivity index (χ4n) is 2.82. The highest BCUT2D eigenvalue weighted by atomic mass is 19.1. The Hall–Kier alpha value is -2.83. The molecule has 1 heterocycles. The second-order valence-electron chi connectivity index (χ2n) is 5.32. The number of esters is 2. The maximum atomic E-state index is 14.4. The standard InChI is InChI=1S/C17H18FNO5/c1-8-13(16(21)23-3)15(11-6-5-10(20)7-12(11)18)14(9(2)19-8)17(22)24-4/h5-7,15,19-20H,1-4H3. The summed E-state index contributed by atoms with van der Waals surface area (Å²) in [6, 6.07) is 3.54. The number of allylic oxidation sites excluding steroid dienone is 2. The summed E-state index contributed by atoms with van der Waals surface area (Å²) in [5.41, 5.74) is 1.17. The summed E-state index contributed by atoms with van der Waals surface area (Å²) in [4.78, 5) is 24.5. The van der Waals surface area contributed by atoms with E-state index in [9.17, 15) is 19.1 Å². The van der Waals surface area contributed by atoms with Gasteiger partial charge in [0.25, 0.3) is 0 Å². The lowest BCUT2D eigenvalue weighted by Gasteiger charge is -2.30. The minimum Gasteiger partial charge on any atom is -0.508 e. The number of dihydropyridines is 1. The molecule has 0 fully saturated rings. The zero-order valence-corrected chi connectivity index (χ0v) is 13.8. The average molecular weight is 335 g/mol. The monoisotopic (exact) mass is 335 g/mol. The number of aromatic hydroxyl groups is 1. The van der Waals surface area contributed by atoms with Crippen LogP contribution >= 0.6 is 0 Å². The number of carbonyl (C=O) groups excluding carboxylic acids is 2. The van der Waals surface area contributed by atoms with Crippen LogP contribution in [0.2, 0.25) is 0 Å². The molecule has 24 heavy (non-hydrogen) atoms. The molecule has 1 aromatic carbocycles. The van der Waals surface area contributed by atoms with Crippen molar-refractivity contribution in [3.05, 3.63) is 52.1 Å². The van der Waals surface area contributed by atoms with Crippen molar-refractivity contribution in [1.29, 1.82) is 0 Å². The maximum absolute atomic E-state index is 14.4. The van der Waals surface area contributed by atoms with Crippen LogP contribution in [0.1, 0.15) is 25.3 Å². The molecule has 0 spiro atoms. The van der Waals surface area contributed by atoms with Crippen LogP contribution in [-0.4, -0.2) is 31.3 Å². The van der Waals surface area contributed by atoms with Gasteiger partial charge in [-0.2, -0.15) is 0 Å². The average Bonchev–Trinajstić information content (AvgIpc) is 2.53. The molecule has 1 aliphatic heterocycles. The number of halogens is 1. The summed E-state index contributed by atoms with van der Waals surface area (Å²) in [6.45, 7) is 3.27. The topological polar surface area (TPSA) is 84.9 Å². The summed E-state index contributed by atoms with van der Waals surface area (Å²) in [7, 11) is 2.41. The number of nitrogens with one attached hydrogen (secondary N) is 1. The lowest BCUT2D eigenvalue weighted by molar-refractivity contribution is -0.137. The number of rotatable bonds is 3. The van der Waals surface area contributed by atoms with Crippen molar-refractivity contribution in [1.82, 2.24) is 5.32 Å². The molecule has 1 aliphatic rings. The van der Waals surface area contributed by atoms with E-state index in [0.717, 1.165) is 6.07 Å². The smallest absolute Gasteiger partial charge is 0.336 e. The minimum atomic E-state index is -1.01. The van der Waals surface area contributed by atoms with Crippen LogP contribution in [0.4, 0.5) is 4.39 Å². The largest absolute Gasteiger partial charge is 0.508 e. The van der Waals surface area contributed by atoms with E-state index in [2.05, 4.69) is 5.32 Å². The van der Waals surface area contributed by atoms with Crippen molar-refractivity contribution in [3.63, 3.8) is 0 Å². The third-order valence-electron chi connectivity index (χ3n) is 3.87. The first kappa shape index (κ1) is 17.5. The molecule has 0 bridgehead atoms. The summed E-state index contributed by atoms with van der Waals surface area (Å²) in [5, 5.41) is 12.3. The van der Waals surface area contributed by atoms with Gasteiger partial charge >= 0.3 is 11.9 Å². The van der Waals surface area contributed by atoms with Crippen molar-refractivity contribution in [2.45, 2.75) is 19.8 Å². The molecule has 7 heteroatoms. The van der Waals surface area contributed by atoms with Crippen molar-refractivity contribution in [3.8, 4) is 5.75 Å². The first-order valence-electron chi connectivity index (χ1n) is 7.15. The molecule has 2 N–H and O–H groups in total. The molecular formula is C17H18FNO5. The number of ether oxygens (including phenoxy) is 2. The van der Waals surface area contributed by atoms with Crippen LogP contribution in [-0.2, 0) is 19.1 Å². The minimum absolute atomic E-state index is 0.0637. The van der Waals surface area contributed by atoms with Gasteiger partial charge in [-0.25, -0.2) is 14.0 Å². The number of hydrogen-bond donors (Lipinski definition) is 2. The van der Waals surface area contributed by atoms with Crippen molar-refractivity contribution in [2.24, 2.45) is 0 Å². The Bertz CT molecular complexity index is 728. The Balaban J connectivity index is 2.74. The van der Waals surface area contributed by atoms with Gasteiger partial charge in [-0.1, -0.05) is 6.07 Å². The second-order valence-corrected chi connectivity index (χ2v) is 5.32. The molecule has 0 aliphatic carbocycles. The number of phenols is 1. The quantitative estimate of drug-likeness (QED) is 0.823. The molecule has 0 unspecified atom stereocenters. The van der Waals surface area contributed by atoms with E-state index in [1.54, 1.807) is 13.8 Å². The van der Waals surface area contributed by atoms with Gasteiger partial charge in [-0.15, -0.1) is 0 Å². The fourth-order valence-corrected chi connectivity index (χ4v) is 2.82. The predicted molar refractivity (Wildman–Crippen MR) is 83.4 cm³/mol. The van der Waals surface area contributed by atoms with Gasteiger partial charge < -0.3 is 19.9 Å². The zero-order valence-electron chi connectivity index (χ0n) is 13.8. The van der Waals surface area contributed by atoms with E-state index in [1.807, 2.05) is 0 Å². The van der Waals surface area contributed by atoms with Gasteiger partial charge in [0, 0.05) is 23.0 Å². The molecule has 0 saturated heterocycles. The Labute approximate surface area is 138 Å². The zero-order chi connectivity index (χ0) is 18.0. The fraction of sp³-hybridized carbons (Fsp3) is 0.294. The number of hydrogen-bond acceptors (Lipinski definition) is 6. The van der Waals surface area contributed by atoms with Crippen LogP contribution in [0.25, 0.3) is 0 Å². The Kier molecular flexibility index (Phi) is 4.92. The van der Waals surface area contributed by atoms with Crippen LogP contribution < -0.4 is 5.32 Å². The van der Waals surface area contributed by atoms with Crippen LogP contribution in [0.5, 0.6) is 5.75 Å². The van der Waals surface area contributed by atoms with Gasteiger partial charge in [0.05, 0.1) is 31.3 Å². The van der Waals surface area contributed by atoms with Gasteiger partial charge in [0.15, 0.2) is 0 Å². The van der Waals surface area contributed by atoms with Crippen LogP contribution in [0, 0.1) is 5.82 Å². The highest BCUT2D eigenvalue weighted by Gasteiger charge is 2.38. The number of phenolic OH excluding ortho intramolecular Hbond substituents is 1. The third kappa shape index (κ3) is 2.97. The van der Waals surface area contributed by atoms with Gasteiger partial charge in [0.2, 0.25) is 0 Å². The first-order chi connectivity index (χ1) is 11.3. The molecule has 2 rings (SSSR count). The lowest BCUT2D eigenvalue weighted by atomic mass is 9.80. The highest BCUT2D eigenvalue weighted by Crippen LogP contribution is 2.40. The first-order valence-corrected chi connectivity index (χ1v) is 7.15. The molecule has 128 valence electrons. The normalized spacial score (nSPS) is 15.2. The SMILES string of the molecule is COC(=O)C1=C(C)NC(C)=C(C(=O)OC)C1c1ccc(O)cc1F. The summed E-state index contributed by atoms with van der Waals surface area (Å²) in [6.07, 6.45) is 0. The predicted octanol–water partition coefficient (Wildman–Crippen LogP) is 2.11. The summed E-state index contributed by atoms with van der Waals surface area (Å²) in [5.74, 6) is -3.39. The molecular weight excluding hydrogens is 317 g/mol. The molecule has 0 atom stereocenters. The molecule has 6 nitrogen and oxygen atoms in total. The van der Waals surface area contributed by atoms with E-state index < -0.39 is 23.7 Å². The van der Waals surface area contributed by atoms with Gasteiger partial charge in [-0.05, 0) is 19.9 Å². The van der Waals surface area contributed by atoms with Crippen LogP contribution in [0.15, 0.2) is 40.7 Å². The van der Waals surface area contributed by atoms with Gasteiger partial charge in [-0.3, -0.25) is 0 Å². The number of carbonyl (C=O) groups is 2. The number of benzene rings is 1. The molecule has 0 radical (unpaired) electrons. The molecule has 1 aromatic rings. The Morgan fingerprint density at radius 1 is 1.08 bits per heavy atom. The lowest BCUT2D eigenvalue weighted by Crippen LogP contribution is -2.32. The highest BCUT2D eigenvalue weighted by molar-refractivity contribution is 5.99. The summed E-state index contributed by atoms with van der Waals surface area (Å²) >= 11 is 0. The van der Waals surface area contributed by atoms with E-state index in [4.69, 9.17) is 9.47 Å². The molecule has 0 amide bonds. The third-order valence-corrected chi connectivity index (χ3v) is 3.87. The Morgan fingerprint density at radius 3 is 2.00 bits per heavy atom. The molecule has 0 saturated carbocycles. The van der Waals surface area contributed by atoms with Crippen molar-refractivity contribution in [2.75, 3.05) is 14.2 Å².